The molecule has 1 aliphatic carbocycles. The standard InChI is InChI=1S/C21H32N2O4/c1-14-6-7-16(20(26)27-5)19(14)22-18(25)13-23-10-8-15(9-11-23)17(24)12-21(2,3)4/h6,15H,7-13H2,1-5H3,(H,22,25). The number of carbonyl (C=O) groups is 3. The summed E-state index contributed by atoms with van der Waals surface area (Å²) in [5, 5.41) is 2.87. The molecule has 2 aliphatic rings. The second-order valence-corrected chi connectivity index (χ2v) is 8.74. The number of nitrogens with zero attached hydrogens (tertiary/aromatic N) is 1. The molecule has 0 spiro atoms. The maximum Gasteiger partial charge on any atom is 0.336 e. The summed E-state index contributed by atoms with van der Waals surface area (Å²) >= 11 is 0. The molecule has 1 aliphatic heterocycles. The van der Waals surface area contributed by atoms with Gasteiger partial charge >= 0.3 is 5.97 Å². The SMILES string of the molecule is COC(=O)C1=C(NC(=O)CN2CCC(C(=O)CC(C)(C)C)CC2)C(C)=CC1. The van der Waals surface area contributed by atoms with E-state index in [1.807, 2.05) is 13.0 Å². The number of likely N-dealkylation sites (tertiary alicyclic amines) is 1. The van der Waals surface area contributed by atoms with Gasteiger partial charge in [-0.3, -0.25) is 14.5 Å². The number of Topliss-reactive ketones (excluding diaryl/α,β-unsaturated/α-hetero) is 1. The van der Waals surface area contributed by atoms with Gasteiger partial charge in [-0.05, 0) is 43.8 Å². The number of carbonyl (C=O) groups excluding carboxylic acids is 3. The lowest BCUT2D eigenvalue weighted by molar-refractivity contribution is -0.136. The molecule has 0 radical (unpaired) electrons. The Balaban J connectivity index is 1.85. The predicted molar refractivity (Wildman–Crippen MR) is 104 cm³/mol. The highest BCUT2D eigenvalue weighted by Gasteiger charge is 2.29. The molecule has 0 atom stereocenters. The predicted octanol–water partition coefficient (Wildman–Crippen LogP) is 2.60. The van der Waals surface area contributed by atoms with Crippen molar-refractivity contribution in [2.45, 2.75) is 53.4 Å². The molecule has 27 heavy (non-hydrogen) atoms. The van der Waals surface area contributed by atoms with Crippen molar-refractivity contribution in [3.8, 4) is 0 Å². The van der Waals surface area contributed by atoms with Crippen LogP contribution in [0.4, 0.5) is 0 Å². The van der Waals surface area contributed by atoms with Crippen LogP contribution in [0, 0.1) is 11.3 Å². The van der Waals surface area contributed by atoms with E-state index in [1.54, 1.807) is 0 Å². The highest BCUT2D eigenvalue weighted by Crippen LogP contribution is 2.27. The van der Waals surface area contributed by atoms with Crippen molar-refractivity contribution in [1.29, 1.82) is 0 Å². The number of amides is 1. The minimum Gasteiger partial charge on any atom is -0.466 e. The number of rotatable bonds is 6. The first kappa shape index (κ1) is 21.4. The second-order valence-electron chi connectivity index (χ2n) is 8.74. The van der Waals surface area contributed by atoms with Crippen LogP contribution in [0.25, 0.3) is 0 Å². The van der Waals surface area contributed by atoms with E-state index in [0.29, 0.717) is 29.9 Å². The Bertz CT molecular complexity index is 662. The molecule has 0 bridgehead atoms. The lowest BCUT2D eigenvalue weighted by Crippen LogP contribution is -2.43. The monoisotopic (exact) mass is 376 g/mol. The van der Waals surface area contributed by atoms with Crippen LogP contribution in [0.3, 0.4) is 0 Å². The van der Waals surface area contributed by atoms with Crippen LogP contribution in [-0.2, 0) is 19.1 Å². The molecule has 2 rings (SSSR count). The van der Waals surface area contributed by atoms with Crippen LogP contribution in [0.2, 0.25) is 0 Å². The molecule has 0 aromatic carbocycles. The average Bonchev–Trinajstić information content (AvgIpc) is 2.94. The fourth-order valence-corrected chi connectivity index (χ4v) is 3.64. The highest BCUT2D eigenvalue weighted by atomic mass is 16.5. The van der Waals surface area contributed by atoms with Gasteiger partial charge in [0.05, 0.1) is 24.9 Å². The zero-order chi connectivity index (χ0) is 20.2. The quantitative estimate of drug-likeness (QED) is 0.721. The van der Waals surface area contributed by atoms with Gasteiger partial charge in [-0.15, -0.1) is 0 Å². The van der Waals surface area contributed by atoms with Crippen LogP contribution in [-0.4, -0.2) is 49.3 Å². The third-order valence-electron chi connectivity index (χ3n) is 5.12. The molecule has 0 unspecified atom stereocenters. The van der Waals surface area contributed by atoms with E-state index in [-0.39, 0.29) is 23.8 Å². The van der Waals surface area contributed by atoms with E-state index in [1.165, 1.54) is 7.11 Å². The Kier molecular flexibility index (Phi) is 6.98. The summed E-state index contributed by atoms with van der Waals surface area (Å²) in [7, 11) is 1.34. The van der Waals surface area contributed by atoms with Crippen LogP contribution >= 0.6 is 0 Å². The maximum absolute atomic E-state index is 12.4. The van der Waals surface area contributed by atoms with Gasteiger partial charge in [-0.25, -0.2) is 4.79 Å². The Morgan fingerprint density at radius 2 is 1.85 bits per heavy atom. The lowest BCUT2D eigenvalue weighted by atomic mass is 9.82. The van der Waals surface area contributed by atoms with Gasteiger partial charge < -0.3 is 10.1 Å². The van der Waals surface area contributed by atoms with Crippen molar-refractivity contribution >= 4 is 17.7 Å². The topological polar surface area (TPSA) is 75.7 Å². The molecule has 1 amide bonds. The van der Waals surface area contributed by atoms with Gasteiger partial charge in [-0.1, -0.05) is 26.8 Å². The first-order valence-corrected chi connectivity index (χ1v) is 9.64. The number of nitrogens with one attached hydrogen (secondary N) is 1. The molecule has 1 fully saturated rings. The molecule has 1 N–H and O–H groups in total. The average molecular weight is 376 g/mol. The highest BCUT2D eigenvalue weighted by molar-refractivity contribution is 5.93. The van der Waals surface area contributed by atoms with Gasteiger partial charge in [0.1, 0.15) is 5.78 Å². The number of ketones is 1. The van der Waals surface area contributed by atoms with Crippen molar-refractivity contribution in [2.24, 2.45) is 11.3 Å². The minimum absolute atomic E-state index is 0.0197. The number of piperidine rings is 1. The number of hydrogen-bond acceptors (Lipinski definition) is 5. The van der Waals surface area contributed by atoms with E-state index in [9.17, 15) is 14.4 Å². The van der Waals surface area contributed by atoms with Gasteiger partial charge in [0.15, 0.2) is 0 Å². The van der Waals surface area contributed by atoms with Gasteiger partial charge in [-0.2, -0.15) is 0 Å². The van der Waals surface area contributed by atoms with Gasteiger partial charge in [0.2, 0.25) is 5.91 Å². The Hall–Kier alpha value is -1.95. The van der Waals surface area contributed by atoms with E-state index >= 15 is 0 Å². The third kappa shape index (κ3) is 6.03. The number of esters is 1. The van der Waals surface area contributed by atoms with Crippen molar-refractivity contribution in [3.63, 3.8) is 0 Å². The summed E-state index contributed by atoms with van der Waals surface area (Å²) in [4.78, 5) is 38.7. The van der Waals surface area contributed by atoms with E-state index in [4.69, 9.17) is 4.74 Å². The molecule has 0 saturated carbocycles. The van der Waals surface area contributed by atoms with Crippen molar-refractivity contribution < 1.29 is 19.1 Å². The Morgan fingerprint density at radius 3 is 2.41 bits per heavy atom. The Labute approximate surface area is 162 Å². The van der Waals surface area contributed by atoms with Crippen LogP contribution < -0.4 is 5.32 Å². The molecule has 6 nitrogen and oxygen atoms in total. The molecular formula is C21H32N2O4. The molecule has 1 saturated heterocycles. The first-order valence-electron chi connectivity index (χ1n) is 9.64. The number of hydrogen-bond donors (Lipinski definition) is 1. The summed E-state index contributed by atoms with van der Waals surface area (Å²) in [6.07, 6.45) is 4.60. The summed E-state index contributed by atoms with van der Waals surface area (Å²) in [5.41, 5.74) is 1.97. The summed E-state index contributed by atoms with van der Waals surface area (Å²) in [6.45, 7) is 9.88. The fourth-order valence-electron chi connectivity index (χ4n) is 3.64. The number of allylic oxidation sites excluding steroid dienone is 2. The summed E-state index contributed by atoms with van der Waals surface area (Å²) in [5.74, 6) is -0.0968. The van der Waals surface area contributed by atoms with Gasteiger partial charge in [0, 0.05) is 18.8 Å². The van der Waals surface area contributed by atoms with E-state index < -0.39 is 5.97 Å². The van der Waals surface area contributed by atoms with Crippen LogP contribution in [0.5, 0.6) is 0 Å². The number of methoxy groups -OCH3 is 1. The molecule has 0 aromatic heterocycles. The van der Waals surface area contributed by atoms with Crippen molar-refractivity contribution in [1.82, 2.24) is 10.2 Å². The van der Waals surface area contributed by atoms with Crippen LogP contribution in [0.1, 0.15) is 53.4 Å². The molecule has 0 aromatic rings. The van der Waals surface area contributed by atoms with Crippen LogP contribution in [0.15, 0.2) is 22.9 Å². The van der Waals surface area contributed by atoms with E-state index in [2.05, 4.69) is 31.0 Å². The zero-order valence-corrected chi connectivity index (χ0v) is 17.2. The summed E-state index contributed by atoms with van der Waals surface area (Å²) in [6, 6.07) is 0. The molecule has 6 heteroatoms. The first-order chi connectivity index (χ1) is 12.6. The largest absolute Gasteiger partial charge is 0.466 e. The number of ether oxygens (including phenoxy) is 1. The minimum atomic E-state index is -0.406. The zero-order valence-electron chi connectivity index (χ0n) is 17.2. The second kappa shape index (κ2) is 8.83. The lowest BCUT2D eigenvalue weighted by Gasteiger charge is -2.32. The maximum atomic E-state index is 12.4. The third-order valence-corrected chi connectivity index (χ3v) is 5.12. The normalized spacial score (nSPS) is 19.1. The summed E-state index contributed by atoms with van der Waals surface area (Å²) < 4.78 is 4.79. The van der Waals surface area contributed by atoms with Gasteiger partial charge in [0.25, 0.3) is 0 Å². The molecule has 150 valence electrons. The molecular weight excluding hydrogens is 344 g/mol. The van der Waals surface area contributed by atoms with Crippen molar-refractivity contribution in [2.75, 3.05) is 26.7 Å². The molecule has 1 heterocycles. The Morgan fingerprint density at radius 1 is 1.22 bits per heavy atom. The fraction of sp³-hybridized carbons (Fsp3) is 0.667. The smallest absolute Gasteiger partial charge is 0.336 e. The van der Waals surface area contributed by atoms with E-state index in [0.717, 1.165) is 31.5 Å². The van der Waals surface area contributed by atoms with Crippen molar-refractivity contribution in [3.05, 3.63) is 22.9 Å².